The average molecular weight is 231 g/mol. The molecule has 0 spiro atoms. The summed E-state index contributed by atoms with van der Waals surface area (Å²) in [5, 5.41) is 12.6. The summed E-state index contributed by atoms with van der Waals surface area (Å²) >= 11 is 0. The molecule has 4 atom stereocenters. The molecule has 0 saturated heterocycles. The molecular formula is C12H25NO3. The third kappa shape index (κ3) is 4.01. The normalized spacial score (nSPS) is 31.1. The highest BCUT2D eigenvalue weighted by Crippen LogP contribution is 2.26. The second kappa shape index (κ2) is 7.22. The third-order valence-electron chi connectivity index (χ3n) is 3.11. The highest BCUT2D eigenvalue weighted by Gasteiger charge is 2.41. The van der Waals surface area contributed by atoms with Crippen molar-refractivity contribution >= 4 is 0 Å². The van der Waals surface area contributed by atoms with E-state index in [2.05, 4.69) is 5.32 Å². The Kier molecular flexibility index (Phi) is 6.28. The maximum atomic E-state index is 9.13. The molecule has 1 aliphatic carbocycles. The van der Waals surface area contributed by atoms with E-state index in [4.69, 9.17) is 14.6 Å². The Hall–Kier alpha value is -0.160. The van der Waals surface area contributed by atoms with E-state index in [1.807, 2.05) is 13.8 Å². The fourth-order valence-corrected chi connectivity index (χ4v) is 2.16. The maximum absolute atomic E-state index is 9.13. The van der Waals surface area contributed by atoms with Gasteiger partial charge in [0.05, 0.1) is 18.3 Å². The molecule has 4 heteroatoms. The Morgan fingerprint density at radius 2 is 2.25 bits per heavy atom. The van der Waals surface area contributed by atoms with Crippen LogP contribution in [0.15, 0.2) is 0 Å². The van der Waals surface area contributed by atoms with Crippen LogP contribution in [0.1, 0.15) is 33.1 Å². The van der Waals surface area contributed by atoms with E-state index in [-0.39, 0.29) is 18.3 Å². The number of aliphatic hydroxyl groups is 1. The molecule has 0 bridgehead atoms. The van der Waals surface area contributed by atoms with Gasteiger partial charge in [0.15, 0.2) is 0 Å². The van der Waals surface area contributed by atoms with Crippen molar-refractivity contribution in [1.82, 2.24) is 5.32 Å². The van der Waals surface area contributed by atoms with Crippen molar-refractivity contribution in [3.63, 3.8) is 0 Å². The molecule has 96 valence electrons. The lowest BCUT2D eigenvalue weighted by atomic mass is 9.85. The zero-order valence-electron chi connectivity index (χ0n) is 10.6. The van der Waals surface area contributed by atoms with Crippen molar-refractivity contribution in [2.45, 2.75) is 57.5 Å². The number of ether oxygens (including phenoxy) is 2. The van der Waals surface area contributed by atoms with Crippen molar-refractivity contribution < 1.29 is 14.6 Å². The number of rotatable bonds is 8. The van der Waals surface area contributed by atoms with E-state index in [0.717, 1.165) is 32.4 Å². The SMILES string of the molecule is CCOC1CC(NCCCC(C)O)C1OC. The second-order valence-corrected chi connectivity index (χ2v) is 4.48. The van der Waals surface area contributed by atoms with Crippen LogP contribution >= 0.6 is 0 Å². The zero-order chi connectivity index (χ0) is 12.0. The van der Waals surface area contributed by atoms with Crippen LogP contribution in [0.4, 0.5) is 0 Å². The third-order valence-corrected chi connectivity index (χ3v) is 3.11. The first-order chi connectivity index (χ1) is 7.69. The molecule has 16 heavy (non-hydrogen) atoms. The van der Waals surface area contributed by atoms with Crippen LogP contribution in [0.25, 0.3) is 0 Å². The Morgan fingerprint density at radius 3 is 2.81 bits per heavy atom. The van der Waals surface area contributed by atoms with E-state index in [9.17, 15) is 0 Å². The van der Waals surface area contributed by atoms with Crippen LogP contribution in [0.3, 0.4) is 0 Å². The van der Waals surface area contributed by atoms with Crippen molar-refractivity contribution in [3.8, 4) is 0 Å². The van der Waals surface area contributed by atoms with Gasteiger partial charge in [-0.1, -0.05) is 0 Å². The van der Waals surface area contributed by atoms with Gasteiger partial charge in [-0.25, -0.2) is 0 Å². The van der Waals surface area contributed by atoms with Gasteiger partial charge in [-0.3, -0.25) is 0 Å². The van der Waals surface area contributed by atoms with E-state index in [1.165, 1.54) is 0 Å². The summed E-state index contributed by atoms with van der Waals surface area (Å²) in [6, 6.07) is 0.413. The monoisotopic (exact) mass is 231 g/mol. The van der Waals surface area contributed by atoms with Crippen molar-refractivity contribution in [2.75, 3.05) is 20.3 Å². The number of hydrogen-bond donors (Lipinski definition) is 2. The van der Waals surface area contributed by atoms with Gasteiger partial charge in [-0.15, -0.1) is 0 Å². The second-order valence-electron chi connectivity index (χ2n) is 4.48. The van der Waals surface area contributed by atoms with E-state index >= 15 is 0 Å². The Labute approximate surface area is 98.3 Å². The lowest BCUT2D eigenvalue weighted by molar-refractivity contribution is -0.131. The van der Waals surface area contributed by atoms with Crippen LogP contribution in [0, 0.1) is 0 Å². The number of nitrogens with one attached hydrogen (secondary N) is 1. The van der Waals surface area contributed by atoms with E-state index in [0.29, 0.717) is 6.04 Å². The summed E-state index contributed by atoms with van der Waals surface area (Å²) in [5.41, 5.74) is 0. The first-order valence-corrected chi connectivity index (χ1v) is 6.24. The van der Waals surface area contributed by atoms with Gasteiger partial charge in [0.1, 0.15) is 0 Å². The van der Waals surface area contributed by atoms with Gasteiger partial charge in [0.25, 0.3) is 0 Å². The quantitative estimate of drug-likeness (QED) is 0.610. The number of methoxy groups -OCH3 is 1. The minimum atomic E-state index is -0.197. The smallest absolute Gasteiger partial charge is 0.0986 e. The first kappa shape index (κ1) is 13.9. The van der Waals surface area contributed by atoms with Crippen LogP contribution < -0.4 is 5.32 Å². The average Bonchev–Trinajstić information content (AvgIpc) is 2.21. The van der Waals surface area contributed by atoms with E-state index in [1.54, 1.807) is 7.11 Å². The summed E-state index contributed by atoms with van der Waals surface area (Å²) in [4.78, 5) is 0. The molecule has 0 aromatic rings. The summed E-state index contributed by atoms with van der Waals surface area (Å²) in [7, 11) is 1.74. The van der Waals surface area contributed by atoms with Gasteiger partial charge in [0, 0.05) is 19.8 Å². The molecule has 1 fully saturated rings. The van der Waals surface area contributed by atoms with Gasteiger partial charge in [-0.05, 0) is 39.7 Å². The highest BCUT2D eigenvalue weighted by molar-refractivity contribution is 4.96. The first-order valence-electron chi connectivity index (χ1n) is 6.24. The van der Waals surface area contributed by atoms with Crippen molar-refractivity contribution in [3.05, 3.63) is 0 Å². The molecule has 0 aliphatic heterocycles. The Balaban J connectivity index is 2.10. The van der Waals surface area contributed by atoms with Gasteiger partial charge < -0.3 is 19.9 Å². The molecule has 0 heterocycles. The van der Waals surface area contributed by atoms with Gasteiger partial charge in [-0.2, -0.15) is 0 Å². The summed E-state index contributed by atoms with van der Waals surface area (Å²) in [6.07, 6.45) is 3.13. The molecule has 4 nitrogen and oxygen atoms in total. The molecule has 2 N–H and O–H groups in total. The van der Waals surface area contributed by atoms with E-state index < -0.39 is 0 Å². The zero-order valence-corrected chi connectivity index (χ0v) is 10.6. The van der Waals surface area contributed by atoms with Crippen LogP contribution in [0.5, 0.6) is 0 Å². The lowest BCUT2D eigenvalue weighted by Gasteiger charge is -2.43. The number of hydrogen-bond acceptors (Lipinski definition) is 4. The predicted molar refractivity (Wildman–Crippen MR) is 63.5 cm³/mol. The minimum absolute atomic E-state index is 0.187. The molecule has 1 aliphatic rings. The molecule has 1 rings (SSSR count). The van der Waals surface area contributed by atoms with Crippen molar-refractivity contribution in [1.29, 1.82) is 0 Å². The largest absolute Gasteiger partial charge is 0.393 e. The highest BCUT2D eigenvalue weighted by atomic mass is 16.5. The van der Waals surface area contributed by atoms with Crippen LogP contribution in [-0.2, 0) is 9.47 Å². The topological polar surface area (TPSA) is 50.7 Å². The molecule has 0 aromatic heterocycles. The van der Waals surface area contributed by atoms with Crippen LogP contribution in [0.2, 0.25) is 0 Å². The molecule has 4 unspecified atom stereocenters. The molecule has 0 aromatic carbocycles. The summed E-state index contributed by atoms with van der Waals surface area (Å²) < 4.78 is 11.0. The van der Waals surface area contributed by atoms with Gasteiger partial charge >= 0.3 is 0 Å². The van der Waals surface area contributed by atoms with Crippen LogP contribution in [-0.4, -0.2) is 49.7 Å². The van der Waals surface area contributed by atoms with Gasteiger partial charge in [0.2, 0.25) is 0 Å². The molecule has 0 amide bonds. The molecular weight excluding hydrogens is 206 g/mol. The minimum Gasteiger partial charge on any atom is -0.393 e. The predicted octanol–water partition coefficient (Wildman–Crippen LogP) is 0.929. The van der Waals surface area contributed by atoms with Crippen molar-refractivity contribution in [2.24, 2.45) is 0 Å². The number of aliphatic hydroxyl groups excluding tert-OH is 1. The maximum Gasteiger partial charge on any atom is 0.0986 e. The fourth-order valence-electron chi connectivity index (χ4n) is 2.16. The standard InChI is InChI=1S/C12H25NO3/c1-4-16-11-8-10(12(11)15-3)13-7-5-6-9(2)14/h9-14H,4-8H2,1-3H3. The molecule has 1 saturated carbocycles. The Bertz CT molecular complexity index is 187. The summed E-state index contributed by atoms with van der Waals surface area (Å²) in [6.45, 7) is 5.52. The summed E-state index contributed by atoms with van der Waals surface area (Å²) in [5.74, 6) is 0. The fraction of sp³-hybridized carbons (Fsp3) is 1.00. The molecule has 0 radical (unpaired) electrons. The lowest BCUT2D eigenvalue weighted by Crippen LogP contribution is -2.59. The Morgan fingerprint density at radius 1 is 1.50 bits per heavy atom.